The summed E-state index contributed by atoms with van der Waals surface area (Å²) in [5, 5.41) is 0. The zero-order valence-corrected chi connectivity index (χ0v) is 23.7. The minimum atomic E-state index is -0.519. The Kier molecular flexibility index (Phi) is 6.78. The second-order valence-electron chi connectivity index (χ2n) is 10.3. The van der Waals surface area contributed by atoms with Crippen molar-refractivity contribution >= 4 is 35.9 Å². The first-order chi connectivity index (χ1) is 21.4. The molecule has 0 N–H and O–H groups in total. The zero-order valence-electron chi connectivity index (χ0n) is 23.7. The average molecular weight is 589 g/mol. The van der Waals surface area contributed by atoms with Crippen molar-refractivity contribution in [2.75, 3.05) is 13.6 Å². The van der Waals surface area contributed by atoms with E-state index in [0.717, 1.165) is 22.3 Å². The lowest BCUT2D eigenvalue weighted by molar-refractivity contribution is -0.130. The Balaban J connectivity index is 1.03. The van der Waals surface area contributed by atoms with Crippen molar-refractivity contribution in [3.05, 3.63) is 118 Å². The number of fused-ring (bicyclic) bond motifs is 2. The van der Waals surface area contributed by atoms with Crippen LogP contribution in [0, 0.1) is 0 Å². The fraction of sp³-hybridized carbons (Fsp3) is 0.118. The number of benzene rings is 3. The molecule has 4 aliphatic heterocycles. The third kappa shape index (κ3) is 5.48. The van der Waals surface area contributed by atoms with E-state index in [9.17, 15) is 9.59 Å². The Morgan fingerprint density at radius 3 is 1.43 bits per heavy atom. The topological polar surface area (TPSA) is 114 Å². The highest BCUT2D eigenvalue weighted by atomic mass is 16.7. The molecule has 0 bridgehead atoms. The Morgan fingerprint density at radius 2 is 1.00 bits per heavy atom. The Bertz CT molecular complexity index is 1770. The van der Waals surface area contributed by atoms with Crippen LogP contribution in [-0.4, -0.2) is 37.3 Å². The molecule has 7 rings (SSSR count). The van der Waals surface area contributed by atoms with Crippen molar-refractivity contribution in [3.8, 4) is 23.0 Å². The summed E-state index contributed by atoms with van der Waals surface area (Å²) in [6, 6.07) is 18.4. The maximum Gasteiger partial charge on any atom is 0.363 e. The van der Waals surface area contributed by atoms with Crippen LogP contribution in [0.5, 0.6) is 23.0 Å². The van der Waals surface area contributed by atoms with Crippen molar-refractivity contribution in [2.45, 2.75) is 13.8 Å². The number of carbonyl (C=O) groups is 2. The molecule has 218 valence electrons. The molecule has 0 atom stereocenters. The molecule has 0 spiro atoms. The standard InChI is InChI=1S/C34H24N2O8/c1-19(13-25-33(37)43-31(35-25)23-7-9-27-29(15-23)41-17-39-27)11-21-3-5-22(6-4-21)12-20(2)14-26-34(38)44-32(36-26)24-8-10-28-30(16-24)42-18-40-28/h3-16H,17-18H2,1-2H3. The molecule has 4 aliphatic rings. The van der Waals surface area contributed by atoms with Crippen LogP contribution in [0.15, 0.2) is 105 Å². The molecule has 0 saturated heterocycles. The quantitative estimate of drug-likeness (QED) is 0.265. The summed E-state index contributed by atoms with van der Waals surface area (Å²) >= 11 is 0. The molecule has 10 nitrogen and oxygen atoms in total. The van der Waals surface area contributed by atoms with E-state index in [0.29, 0.717) is 34.1 Å². The van der Waals surface area contributed by atoms with E-state index in [1.807, 2.05) is 50.3 Å². The molecular formula is C34H24N2O8. The van der Waals surface area contributed by atoms with Gasteiger partial charge in [0, 0.05) is 11.1 Å². The largest absolute Gasteiger partial charge is 0.454 e. The summed E-state index contributed by atoms with van der Waals surface area (Å²) in [5.41, 5.74) is 5.22. The van der Waals surface area contributed by atoms with Crippen LogP contribution in [0.4, 0.5) is 0 Å². The maximum atomic E-state index is 12.5. The highest BCUT2D eigenvalue weighted by Crippen LogP contribution is 2.35. The fourth-order valence-electron chi connectivity index (χ4n) is 4.85. The number of carbonyl (C=O) groups excluding carboxylic acids is 2. The summed E-state index contributed by atoms with van der Waals surface area (Å²) in [7, 11) is 0. The van der Waals surface area contributed by atoms with Crippen molar-refractivity contribution < 1.29 is 38.0 Å². The zero-order chi connectivity index (χ0) is 30.2. The fourth-order valence-corrected chi connectivity index (χ4v) is 4.85. The second-order valence-corrected chi connectivity index (χ2v) is 10.3. The molecule has 0 aromatic heterocycles. The molecular weight excluding hydrogens is 564 g/mol. The maximum absolute atomic E-state index is 12.5. The van der Waals surface area contributed by atoms with Gasteiger partial charge in [-0.25, -0.2) is 19.6 Å². The van der Waals surface area contributed by atoms with Gasteiger partial charge in [0.05, 0.1) is 0 Å². The normalized spacial score (nSPS) is 19.0. The first-order valence-corrected chi connectivity index (χ1v) is 13.7. The highest BCUT2D eigenvalue weighted by Gasteiger charge is 2.27. The molecule has 0 aliphatic carbocycles. The molecule has 10 heteroatoms. The Hall–Kier alpha value is -5.90. The van der Waals surface area contributed by atoms with Gasteiger partial charge in [-0.3, -0.25) is 0 Å². The van der Waals surface area contributed by atoms with Gasteiger partial charge >= 0.3 is 11.9 Å². The van der Waals surface area contributed by atoms with Crippen molar-refractivity contribution in [2.24, 2.45) is 9.98 Å². The summed E-state index contributed by atoms with van der Waals surface area (Å²) < 4.78 is 32.2. The molecule has 0 radical (unpaired) electrons. The monoisotopic (exact) mass is 588 g/mol. The SMILES string of the molecule is CC(=Cc1ccc(C=C(C)C=C2N=C(c3ccc4c(c3)OCO4)OC2=O)cc1)C=C1N=C(c2ccc3c(c2)OCO3)OC1=O. The van der Waals surface area contributed by atoms with Crippen molar-refractivity contribution in [1.29, 1.82) is 0 Å². The molecule has 3 aromatic rings. The Labute approximate surface area is 251 Å². The molecule has 0 amide bonds. The van der Waals surface area contributed by atoms with E-state index in [1.165, 1.54) is 0 Å². The number of esters is 2. The highest BCUT2D eigenvalue weighted by molar-refractivity contribution is 6.12. The number of hydrogen-bond donors (Lipinski definition) is 0. The summed E-state index contributed by atoms with van der Waals surface area (Å²) in [4.78, 5) is 33.7. The van der Waals surface area contributed by atoms with Crippen LogP contribution in [0.2, 0.25) is 0 Å². The number of rotatable bonds is 6. The van der Waals surface area contributed by atoms with Gasteiger partial charge in [0.1, 0.15) is 0 Å². The first-order valence-electron chi connectivity index (χ1n) is 13.7. The van der Waals surface area contributed by atoms with Crippen LogP contribution in [-0.2, 0) is 19.1 Å². The first kappa shape index (κ1) is 27.0. The van der Waals surface area contributed by atoms with Crippen LogP contribution in [0.25, 0.3) is 12.2 Å². The number of allylic oxidation sites excluding steroid dienone is 4. The summed E-state index contributed by atoms with van der Waals surface area (Å²) in [6.07, 6.45) is 7.26. The molecule has 0 saturated carbocycles. The van der Waals surface area contributed by atoms with Gasteiger partial charge in [-0.05, 0) is 84.7 Å². The minimum Gasteiger partial charge on any atom is -0.454 e. The van der Waals surface area contributed by atoms with E-state index in [2.05, 4.69) is 9.98 Å². The molecule has 4 heterocycles. The van der Waals surface area contributed by atoms with Crippen LogP contribution >= 0.6 is 0 Å². The van der Waals surface area contributed by atoms with Gasteiger partial charge in [0.25, 0.3) is 0 Å². The van der Waals surface area contributed by atoms with Gasteiger partial charge in [0.15, 0.2) is 34.4 Å². The van der Waals surface area contributed by atoms with Crippen molar-refractivity contribution in [3.63, 3.8) is 0 Å². The third-order valence-corrected chi connectivity index (χ3v) is 6.93. The molecule has 44 heavy (non-hydrogen) atoms. The Morgan fingerprint density at radius 1 is 0.591 bits per heavy atom. The lowest BCUT2D eigenvalue weighted by Crippen LogP contribution is -2.05. The number of nitrogens with zero attached hydrogens (tertiary/aromatic N) is 2. The molecule has 0 fully saturated rings. The van der Waals surface area contributed by atoms with E-state index < -0.39 is 11.9 Å². The minimum absolute atomic E-state index is 0.158. The predicted molar refractivity (Wildman–Crippen MR) is 160 cm³/mol. The van der Waals surface area contributed by atoms with E-state index >= 15 is 0 Å². The van der Waals surface area contributed by atoms with Crippen LogP contribution < -0.4 is 18.9 Å². The van der Waals surface area contributed by atoms with Gasteiger partial charge in [-0.1, -0.05) is 36.4 Å². The number of aliphatic imine (C=N–C) groups is 2. The van der Waals surface area contributed by atoms with E-state index in [1.54, 1.807) is 48.6 Å². The molecule has 0 unspecified atom stereocenters. The summed E-state index contributed by atoms with van der Waals surface area (Å²) in [6.45, 7) is 4.09. The van der Waals surface area contributed by atoms with Crippen molar-refractivity contribution in [1.82, 2.24) is 0 Å². The lowest BCUT2D eigenvalue weighted by Gasteiger charge is -2.01. The average Bonchev–Trinajstić information content (AvgIpc) is 3.81. The van der Waals surface area contributed by atoms with E-state index in [-0.39, 0.29) is 36.8 Å². The van der Waals surface area contributed by atoms with E-state index in [4.69, 9.17) is 28.4 Å². The van der Waals surface area contributed by atoms with Gasteiger partial charge in [-0.2, -0.15) is 0 Å². The van der Waals surface area contributed by atoms with Gasteiger partial charge in [-0.15, -0.1) is 0 Å². The number of cyclic esters (lactones) is 2. The number of hydrogen-bond acceptors (Lipinski definition) is 10. The van der Waals surface area contributed by atoms with Gasteiger partial charge < -0.3 is 28.4 Å². The molecule has 3 aromatic carbocycles. The van der Waals surface area contributed by atoms with Crippen LogP contribution in [0.3, 0.4) is 0 Å². The lowest BCUT2D eigenvalue weighted by atomic mass is 10.1. The van der Waals surface area contributed by atoms with Gasteiger partial charge in [0.2, 0.25) is 25.4 Å². The smallest absolute Gasteiger partial charge is 0.363 e. The van der Waals surface area contributed by atoms with Crippen LogP contribution in [0.1, 0.15) is 36.1 Å². The summed E-state index contributed by atoms with van der Waals surface area (Å²) in [5.74, 6) is 1.85. The predicted octanol–water partition coefficient (Wildman–Crippen LogP) is 5.73. The second kappa shape index (κ2) is 11.1. The number of ether oxygens (including phenoxy) is 6. The third-order valence-electron chi connectivity index (χ3n) is 6.93.